The number of aromatic nitrogens is 1. The molecule has 0 bridgehead atoms. The maximum atomic E-state index is 12.1. The summed E-state index contributed by atoms with van der Waals surface area (Å²) in [5, 5.41) is 9.12. The normalized spacial score (nSPS) is 19.0. The van der Waals surface area contributed by atoms with Gasteiger partial charge >= 0.3 is 5.97 Å². The molecule has 1 aromatic rings. The number of carbonyl (C=O) groups is 2. The van der Waals surface area contributed by atoms with E-state index in [1.165, 1.54) is 17.0 Å². The van der Waals surface area contributed by atoms with Gasteiger partial charge in [0.15, 0.2) is 0 Å². The number of likely N-dealkylation sites (tertiary alicyclic amines) is 1. The third-order valence-electron chi connectivity index (χ3n) is 2.87. The van der Waals surface area contributed by atoms with Crippen LogP contribution in [-0.4, -0.2) is 40.0 Å². The standard InChI is InChI=1S/C11H10Cl2N2O3/c12-8-2-1-7(9(13)14-8)10(16)15-4-3-6(5-15)11(17)18/h1-2,6H,3-5H2,(H,17,18). The summed E-state index contributed by atoms with van der Waals surface area (Å²) in [7, 11) is 0. The summed E-state index contributed by atoms with van der Waals surface area (Å²) in [6.07, 6.45) is 0.458. The molecule has 2 rings (SSSR count). The lowest BCUT2D eigenvalue weighted by Gasteiger charge is -2.16. The van der Waals surface area contributed by atoms with E-state index in [0.29, 0.717) is 13.0 Å². The number of aliphatic carboxylic acids is 1. The first-order valence-electron chi connectivity index (χ1n) is 5.33. The second-order valence-electron chi connectivity index (χ2n) is 4.05. The van der Waals surface area contributed by atoms with Crippen molar-refractivity contribution in [1.82, 2.24) is 9.88 Å². The van der Waals surface area contributed by atoms with Crippen LogP contribution < -0.4 is 0 Å². The highest BCUT2D eigenvalue weighted by molar-refractivity contribution is 6.34. The number of rotatable bonds is 2. The molecule has 1 aliphatic rings. The van der Waals surface area contributed by atoms with Crippen molar-refractivity contribution in [2.45, 2.75) is 6.42 Å². The Kier molecular flexibility index (Phi) is 3.73. The Balaban J connectivity index is 2.15. The van der Waals surface area contributed by atoms with Gasteiger partial charge in [0.25, 0.3) is 5.91 Å². The Hall–Kier alpha value is -1.33. The van der Waals surface area contributed by atoms with Gasteiger partial charge in [0.2, 0.25) is 0 Å². The fourth-order valence-corrected chi connectivity index (χ4v) is 2.31. The molecule has 0 aromatic carbocycles. The quantitative estimate of drug-likeness (QED) is 0.845. The molecule has 1 fully saturated rings. The zero-order valence-corrected chi connectivity index (χ0v) is 10.8. The highest BCUT2D eigenvalue weighted by Gasteiger charge is 2.32. The molecule has 7 heteroatoms. The maximum Gasteiger partial charge on any atom is 0.308 e. The molecule has 5 nitrogen and oxygen atoms in total. The third-order valence-corrected chi connectivity index (χ3v) is 3.37. The molecule has 1 atom stereocenters. The largest absolute Gasteiger partial charge is 0.481 e. The summed E-state index contributed by atoms with van der Waals surface area (Å²) in [5.74, 6) is -1.70. The lowest BCUT2D eigenvalue weighted by molar-refractivity contribution is -0.141. The lowest BCUT2D eigenvalue weighted by atomic mass is 10.1. The smallest absolute Gasteiger partial charge is 0.308 e. The molecule has 1 unspecified atom stereocenters. The van der Waals surface area contributed by atoms with Crippen LogP contribution in [0.15, 0.2) is 12.1 Å². The van der Waals surface area contributed by atoms with Crippen molar-refractivity contribution < 1.29 is 14.7 Å². The monoisotopic (exact) mass is 288 g/mol. The Labute approximate surface area is 113 Å². The van der Waals surface area contributed by atoms with E-state index < -0.39 is 11.9 Å². The van der Waals surface area contributed by atoms with E-state index in [9.17, 15) is 9.59 Å². The molecular weight excluding hydrogens is 279 g/mol. The average Bonchev–Trinajstić information content (AvgIpc) is 2.77. The SMILES string of the molecule is O=C(O)C1CCN(C(=O)c2ccc(Cl)nc2Cl)C1. The molecule has 1 aliphatic heterocycles. The number of amides is 1. The molecule has 1 aromatic heterocycles. The molecule has 0 spiro atoms. The molecule has 0 aliphatic carbocycles. The summed E-state index contributed by atoms with van der Waals surface area (Å²) >= 11 is 11.5. The minimum atomic E-state index is -0.884. The van der Waals surface area contributed by atoms with Crippen LogP contribution in [-0.2, 0) is 4.79 Å². The number of carboxylic acid groups (broad SMARTS) is 1. The highest BCUT2D eigenvalue weighted by Crippen LogP contribution is 2.23. The topological polar surface area (TPSA) is 70.5 Å². The van der Waals surface area contributed by atoms with Crippen LogP contribution in [0.4, 0.5) is 0 Å². The van der Waals surface area contributed by atoms with Crippen LogP contribution >= 0.6 is 23.2 Å². The van der Waals surface area contributed by atoms with Crippen molar-refractivity contribution in [1.29, 1.82) is 0 Å². The first-order valence-corrected chi connectivity index (χ1v) is 6.08. The maximum absolute atomic E-state index is 12.1. The van der Waals surface area contributed by atoms with Gasteiger partial charge in [0.05, 0.1) is 11.5 Å². The molecule has 1 saturated heterocycles. The predicted octanol–water partition coefficient (Wildman–Crippen LogP) is 1.94. The Morgan fingerprint density at radius 3 is 2.67 bits per heavy atom. The Bertz CT molecular complexity index is 507. The van der Waals surface area contributed by atoms with Crippen molar-refractivity contribution in [2.24, 2.45) is 5.92 Å². The van der Waals surface area contributed by atoms with Crippen LogP contribution in [0.1, 0.15) is 16.8 Å². The van der Waals surface area contributed by atoms with Gasteiger partial charge in [-0.05, 0) is 18.6 Å². The van der Waals surface area contributed by atoms with E-state index in [1.807, 2.05) is 0 Å². The molecule has 96 valence electrons. The average molecular weight is 289 g/mol. The number of hydrogen-bond donors (Lipinski definition) is 1. The zero-order chi connectivity index (χ0) is 13.3. The van der Waals surface area contributed by atoms with Crippen LogP contribution in [0.25, 0.3) is 0 Å². The van der Waals surface area contributed by atoms with Crippen LogP contribution in [0.2, 0.25) is 10.3 Å². The fourth-order valence-electron chi connectivity index (χ4n) is 1.89. The van der Waals surface area contributed by atoms with E-state index in [2.05, 4.69) is 4.98 Å². The molecule has 1 amide bonds. The van der Waals surface area contributed by atoms with Crippen molar-refractivity contribution in [3.8, 4) is 0 Å². The lowest BCUT2D eigenvalue weighted by Crippen LogP contribution is -2.30. The summed E-state index contributed by atoms with van der Waals surface area (Å²) < 4.78 is 0. The van der Waals surface area contributed by atoms with E-state index in [-0.39, 0.29) is 28.3 Å². The van der Waals surface area contributed by atoms with E-state index in [1.54, 1.807) is 0 Å². The number of carboxylic acids is 1. The zero-order valence-electron chi connectivity index (χ0n) is 9.27. The van der Waals surface area contributed by atoms with Crippen molar-refractivity contribution in [3.05, 3.63) is 28.0 Å². The van der Waals surface area contributed by atoms with Gasteiger partial charge in [-0.3, -0.25) is 9.59 Å². The van der Waals surface area contributed by atoms with E-state index >= 15 is 0 Å². The molecule has 1 N–H and O–H groups in total. The van der Waals surface area contributed by atoms with Crippen molar-refractivity contribution >= 4 is 35.1 Å². The van der Waals surface area contributed by atoms with Crippen LogP contribution in [0.5, 0.6) is 0 Å². The Morgan fingerprint density at radius 2 is 2.11 bits per heavy atom. The second-order valence-corrected chi connectivity index (χ2v) is 4.79. The molecule has 0 radical (unpaired) electrons. The Morgan fingerprint density at radius 1 is 1.39 bits per heavy atom. The van der Waals surface area contributed by atoms with Gasteiger partial charge < -0.3 is 10.0 Å². The predicted molar refractivity (Wildman–Crippen MR) is 65.9 cm³/mol. The van der Waals surface area contributed by atoms with Gasteiger partial charge in [0.1, 0.15) is 10.3 Å². The molecule has 2 heterocycles. The highest BCUT2D eigenvalue weighted by atomic mass is 35.5. The third kappa shape index (κ3) is 2.57. The number of carbonyl (C=O) groups excluding carboxylic acids is 1. The van der Waals surface area contributed by atoms with Gasteiger partial charge in [-0.1, -0.05) is 23.2 Å². The summed E-state index contributed by atoms with van der Waals surface area (Å²) in [6.45, 7) is 0.613. The van der Waals surface area contributed by atoms with Crippen molar-refractivity contribution in [2.75, 3.05) is 13.1 Å². The molecule has 18 heavy (non-hydrogen) atoms. The second kappa shape index (κ2) is 5.12. The van der Waals surface area contributed by atoms with Gasteiger partial charge in [-0.25, -0.2) is 4.98 Å². The summed E-state index contributed by atoms with van der Waals surface area (Å²) in [6, 6.07) is 2.97. The van der Waals surface area contributed by atoms with E-state index in [4.69, 9.17) is 28.3 Å². The molecule has 0 saturated carbocycles. The van der Waals surface area contributed by atoms with E-state index in [0.717, 1.165) is 0 Å². The first kappa shape index (κ1) is 13.1. The summed E-state index contributed by atoms with van der Waals surface area (Å²) in [4.78, 5) is 28.2. The van der Waals surface area contributed by atoms with Gasteiger partial charge in [-0.15, -0.1) is 0 Å². The molecular formula is C11H10Cl2N2O3. The minimum Gasteiger partial charge on any atom is -0.481 e. The number of halogens is 2. The fraction of sp³-hybridized carbons (Fsp3) is 0.364. The van der Waals surface area contributed by atoms with Crippen LogP contribution in [0.3, 0.4) is 0 Å². The minimum absolute atomic E-state index is 0.0336. The number of hydrogen-bond acceptors (Lipinski definition) is 3. The van der Waals surface area contributed by atoms with Gasteiger partial charge in [-0.2, -0.15) is 0 Å². The first-order chi connectivity index (χ1) is 8.49. The van der Waals surface area contributed by atoms with Crippen LogP contribution in [0, 0.1) is 5.92 Å². The summed E-state index contributed by atoms with van der Waals surface area (Å²) in [5.41, 5.74) is 0.243. The number of nitrogens with zero attached hydrogens (tertiary/aromatic N) is 2. The van der Waals surface area contributed by atoms with Gasteiger partial charge in [0, 0.05) is 13.1 Å². The number of pyridine rings is 1. The van der Waals surface area contributed by atoms with Crippen molar-refractivity contribution in [3.63, 3.8) is 0 Å².